The van der Waals surface area contributed by atoms with Gasteiger partial charge in [0.25, 0.3) is 0 Å². The van der Waals surface area contributed by atoms with Crippen molar-refractivity contribution < 1.29 is 9.18 Å². The van der Waals surface area contributed by atoms with Crippen molar-refractivity contribution >= 4 is 21.7 Å². The van der Waals surface area contributed by atoms with Gasteiger partial charge in [0.05, 0.1) is 0 Å². The largest absolute Gasteiger partial charge is 0.290 e. The Hall–Kier alpha value is -1.62. The Morgan fingerprint density at radius 3 is 2.61 bits per heavy atom. The summed E-state index contributed by atoms with van der Waals surface area (Å²) in [4.78, 5) is 19.9. The van der Waals surface area contributed by atoms with Gasteiger partial charge in [0.2, 0.25) is 5.78 Å². The van der Waals surface area contributed by atoms with E-state index < -0.39 is 0 Å². The lowest BCUT2D eigenvalue weighted by atomic mass is 10.1. The summed E-state index contributed by atoms with van der Waals surface area (Å²) in [5.74, 6) is -0.358. The van der Waals surface area contributed by atoms with Gasteiger partial charge in [-0.2, -0.15) is 0 Å². The zero-order chi connectivity index (χ0) is 13.1. The molecule has 92 valence electrons. The summed E-state index contributed by atoms with van der Waals surface area (Å²) in [5.41, 5.74) is 1.61. The number of benzene rings is 1. The number of aryl methyl sites for hydroxylation is 1. The molecule has 3 nitrogen and oxygen atoms in total. The van der Waals surface area contributed by atoms with E-state index in [0.29, 0.717) is 10.0 Å². The van der Waals surface area contributed by atoms with Crippen LogP contribution in [0.4, 0.5) is 4.39 Å². The van der Waals surface area contributed by atoms with Crippen LogP contribution in [0.5, 0.6) is 0 Å². The first kappa shape index (κ1) is 12.8. The third kappa shape index (κ3) is 2.98. The van der Waals surface area contributed by atoms with Crippen molar-refractivity contribution in [1.82, 2.24) is 9.97 Å². The van der Waals surface area contributed by atoms with Crippen LogP contribution in [-0.2, 0) is 6.42 Å². The Bertz CT molecular complexity index is 584. The lowest BCUT2D eigenvalue weighted by Crippen LogP contribution is -2.09. The highest BCUT2D eigenvalue weighted by Crippen LogP contribution is 2.19. The van der Waals surface area contributed by atoms with E-state index in [9.17, 15) is 9.18 Å². The molecule has 0 aliphatic carbocycles. The molecule has 0 atom stereocenters. The summed E-state index contributed by atoms with van der Waals surface area (Å²) >= 11 is 3.23. The van der Waals surface area contributed by atoms with Gasteiger partial charge in [-0.15, -0.1) is 0 Å². The number of rotatable bonds is 3. The molecule has 0 spiro atoms. The third-order valence-corrected chi connectivity index (χ3v) is 3.13. The quantitative estimate of drug-likeness (QED) is 0.818. The van der Waals surface area contributed by atoms with E-state index in [-0.39, 0.29) is 23.8 Å². The van der Waals surface area contributed by atoms with Crippen LogP contribution in [0.1, 0.15) is 21.7 Å². The zero-order valence-corrected chi connectivity index (χ0v) is 11.2. The van der Waals surface area contributed by atoms with Crippen LogP contribution >= 0.6 is 15.9 Å². The van der Waals surface area contributed by atoms with Crippen LogP contribution in [0.3, 0.4) is 0 Å². The lowest BCUT2D eigenvalue weighted by Gasteiger charge is -2.03. The number of carbonyl (C=O) groups is 1. The second-order valence-corrected chi connectivity index (χ2v) is 4.77. The first-order valence-electron chi connectivity index (χ1n) is 5.32. The topological polar surface area (TPSA) is 42.9 Å². The van der Waals surface area contributed by atoms with Crippen molar-refractivity contribution in [3.05, 3.63) is 57.8 Å². The molecule has 5 heteroatoms. The minimum absolute atomic E-state index is 0.143. The highest BCUT2D eigenvalue weighted by Gasteiger charge is 2.12. The Balaban J connectivity index is 2.18. The summed E-state index contributed by atoms with van der Waals surface area (Å²) in [6.07, 6.45) is 3.34. The molecule has 2 rings (SSSR count). The second-order valence-electron chi connectivity index (χ2n) is 3.92. The van der Waals surface area contributed by atoms with Crippen LogP contribution < -0.4 is 0 Å². The maximum atomic E-state index is 12.9. The van der Waals surface area contributed by atoms with E-state index in [0.717, 1.165) is 5.56 Å². The van der Waals surface area contributed by atoms with Gasteiger partial charge in [-0.1, -0.05) is 22.0 Å². The third-order valence-electron chi connectivity index (χ3n) is 2.40. The van der Waals surface area contributed by atoms with Crippen molar-refractivity contribution in [2.75, 3.05) is 0 Å². The molecule has 0 aliphatic rings. The summed E-state index contributed by atoms with van der Waals surface area (Å²) in [6.45, 7) is 1.85. The molecule has 0 radical (unpaired) electrons. The number of carbonyl (C=O) groups excluding carboxylic acids is 1. The molecule has 1 aromatic carbocycles. The Morgan fingerprint density at radius 2 is 2.00 bits per heavy atom. The average molecular weight is 309 g/mol. The summed E-state index contributed by atoms with van der Waals surface area (Å²) in [5, 5.41) is 0. The van der Waals surface area contributed by atoms with Crippen molar-refractivity contribution in [2.45, 2.75) is 13.3 Å². The van der Waals surface area contributed by atoms with Crippen molar-refractivity contribution in [3.63, 3.8) is 0 Å². The highest BCUT2D eigenvalue weighted by molar-refractivity contribution is 9.10. The Morgan fingerprint density at radius 1 is 1.33 bits per heavy atom. The van der Waals surface area contributed by atoms with E-state index in [4.69, 9.17) is 0 Å². The molecule has 0 fully saturated rings. The molecule has 0 N–H and O–H groups in total. The van der Waals surface area contributed by atoms with Gasteiger partial charge < -0.3 is 0 Å². The summed E-state index contributed by atoms with van der Waals surface area (Å²) in [7, 11) is 0. The molecular weight excluding hydrogens is 299 g/mol. The fourth-order valence-corrected chi connectivity index (χ4v) is 1.94. The first-order chi connectivity index (χ1) is 8.56. The second kappa shape index (κ2) is 5.35. The van der Waals surface area contributed by atoms with Crippen molar-refractivity contribution in [2.24, 2.45) is 0 Å². The van der Waals surface area contributed by atoms with Crippen LogP contribution in [0, 0.1) is 12.7 Å². The van der Waals surface area contributed by atoms with E-state index in [1.54, 1.807) is 18.5 Å². The fourth-order valence-electron chi connectivity index (χ4n) is 1.45. The number of hydrogen-bond donors (Lipinski definition) is 0. The minimum Gasteiger partial charge on any atom is -0.290 e. The van der Waals surface area contributed by atoms with E-state index >= 15 is 0 Å². The number of nitrogens with zero attached hydrogens (tertiary/aromatic N) is 2. The van der Waals surface area contributed by atoms with E-state index in [1.165, 1.54) is 12.1 Å². The van der Waals surface area contributed by atoms with Crippen molar-refractivity contribution in [1.29, 1.82) is 0 Å². The molecule has 0 aliphatic heterocycles. The number of Topliss-reactive ketones (excluding diaryl/α,β-unsaturated/α-hetero) is 1. The van der Waals surface area contributed by atoms with Gasteiger partial charge in [0.1, 0.15) is 5.82 Å². The smallest absolute Gasteiger partial charge is 0.204 e. The molecule has 0 saturated carbocycles. The van der Waals surface area contributed by atoms with Gasteiger partial charge in [0.15, 0.2) is 5.82 Å². The SMILES string of the molecule is Cc1cnc(C(=O)Cc2ccc(F)cc2Br)nc1. The van der Waals surface area contributed by atoms with E-state index in [2.05, 4.69) is 25.9 Å². The summed E-state index contributed by atoms with van der Waals surface area (Å²) in [6, 6.07) is 4.23. The molecule has 18 heavy (non-hydrogen) atoms. The van der Waals surface area contributed by atoms with Crippen LogP contribution in [-0.4, -0.2) is 15.8 Å². The average Bonchev–Trinajstić information content (AvgIpc) is 2.33. The molecule has 0 bridgehead atoms. The van der Waals surface area contributed by atoms with Crippen LogP contribution in [0.2, 0.25) is 0 Å². The summed E-state index contributed by atoms with van der Waals surface area (Å²) < 4.78 is 13.5. The van der Waals surface area contributed by atoms with Gasteiger partial charge in [-0.3, -0.25) is 4.79 Å². The van der Waals surface area contributed by atoms with Crippen molar-refractivity contribution in [3.8, 4) is 0 Å². The molecule has 0 unspecified atom stereocenters. The van der Waals surface area contributed by atoms with Gasteiger partial charge in [-0.05, 0) is 30.2 Å². The van der Waals surface area contributed by atoms with Gasteiger partial charge in [-0.25, -0.2) is 14.4 Å². The first-order valence-corrected chi connectivity index (χ1v) is 6.11. The maximum Gasteiger partial charge on any atom is 0.204 e. The maximum absolute atomic E-state index is 12.9. The Kier molecular flexibility index (Phi) is 3.81. The van der Waals surface area contributed by atoms with Crippen LogP contribution in [0.15, 0.2) is 35.1 Å². The number of halogens is 2. The molecule has 0 saturated heterocycles. The lowest BCUT2D eigenvalue weighted by molar-refractivity contribution is 0.0982. The fraction of sp³-hybridized carbons (Fsp3) is 0.154. The van der Waals surface area contributed by atoms with Gasteiger partial charge >= 0.3 is 0 Å². The monoisotopic (exact) mass is 308 g/mol. The number of hydrogen-bond acceptors (Lipinski definition) is 3. The zero-order valence-electron chi connectivity index (χ0n) is 9.65. The van der Waals surface area contributed by atoms with E-state index in [1.807, 2.05) is 6.92 Å². The predicted octanol–water partition coefficient (Wildman–Crippen LogP) is 3.11. The standard InChI is InChI=1S/C13H10BrFN2O/c1-8-6-16-13(17-7-8)12(18)4-9-2-3-10(15)5-11(9)14/h2-3,5-7H,4H2,1H3. The van der Waals surface area contributed by atoms with Crippen LogP contribution in [0.25, 0.3) is 0 Å². The highest BCUT2D eigenvalue weighted by atomic mass is 79.9. The molecule has 0 amide bonds. The molecule has 2 aromatic rings. The number of ketones is 1. The number of aromatic nitrogens is 2. The molecule has 1 heterocycles. The normalized spacial score (nSPS) is 10.4. The minimum atomic E-state index is -0.343. The predicted molar refractivity (Wildman–Crippen MR) is 68.9 cm³/mol. The Labute approximate surface area is 112 Å². The van der Waals surface area contributed by atoms with Gasteiger partial charge in [0, 0.05) is 23.3 Å². The molecular formula is C13H10BrFN2O. The molecule has 1 aromatic heterocycles.